The van der Waals surface area contributed by atoms with Crippen LogP contribution in [0.1, 0.15) is 27.2 Å². The lowest BCUT2D eigenvalue weighted by atomic mass is 10.2. The van der Waals surface area contributed by atoms with Crippen molar-refractivity contribution in [3.8, 4) is 5.75 Å². The van der Waals surface area contributed by atoms with Crippen molar-refractivity contribution in [3.63, 3.8) is 0 Å². The molecule has 0 radical (unpaired) electrons. The Hall–Kier alpha value is -1.40. The van der Waals surface area contributed by atoms with Crippen molar-refractivity contribution in [2.24, 2.45) is 0 Å². The van der Waals surface area contributed by atoms with E-state index in [2.05, 4.69) is 0 Å². The van der Waals surface area contributed by atoms with Crippen LogP contribution in [0.15, 0.2) is 41.1 Å². The standard InChI is InChI=1S/C15H22FNO3S/c1-5-13(10-16)11-20-14-6-8-15(9-7-14)21(18,19)17(4)12(2)3/h6-10,12H,5,11H2,1-4H3/b13-10-. The number of sulfonamides is 1. The van der Waals surface area contributed by atoms with E-state index in [-0.39, 0.29) is 17.5 Å². The van der Waals surface area contributed by atoms with E-state index >= 15 is 0 Å². The van der Waals surface area contributed by atoms with E-state index in [0.717, 1.165) is 0 Å². The maximum Gasteiger partial charge on any atom is 0.243 e. The summed E-state index contributed by atoms with van der Waals surface area (Å²) in [7, 11) is -1.94. The molecule has 0 aromatic heterocycles. The van der Waals surface area contributed by atoms with Gasteiger partial charge in [-0.25, -0.2) is 12.8 Å². The molecule has 0 N–H and O–H groups in total. The molecular weight excluding hydrogens is 293 g/mol. The fourth-order valence-corrected chi connectivity index (χ4v) is 2.91. The molecule has 118 valence electrons. The summed E-state index contributed by atoms with van der Waals surface area (Å²) in [4.78, 5) is 0.211. The van der Waals surface area contributed by atoms with Gasteiger partial charge >= 0.3 is 0 Å². The second-order valence-corrected chi connectivity index (χ2v) is 6.99. The zero-order valence-electron chi connectivity index (χ0n) is 12.8. The summed E-state index contributed by atoms with van der Waals surface area (Å²) in [5.41, 5.74) is 0.547. The summed E-state index contributed by atoms with van der Waals surface area (Å²) >= 11 is 0. The summed E-state index contributed by atoms with van der Waals surface area (Å²) in [5.74, 6) is 0.508. The Kier molecular flexibility index (Phi) is 6.36. The number of halogens is 1. The molecule has 0 amide bonds. The van der Waals surface area contributed by atoms with Crippen LogP contribution < -0.4 is 4.74 Å². The van der Waals surface area contributed by atoms with Gasteiger partial charge in [0.2, 0.25) is 10.0 Å². The van der Waals surface area contributed by atoms with Crippen molar-refractivity contribution in [1.82, 2.24) is 4.31 Å². The van der Waals surface area contributed by atoms with Crippen molar-refractivity contribution in [1.29, 1.82) is 0 Å². The Labute approximate surface area is 126 Å². The van der Waals surface area contributed by atoms with Gasteiger partial charge in [-0.3, -0.25) is 0 Å². The predicted molar refractivity (Wildman–Crippen MR) is 81.5 cm³/mol. The van der Waals surface area contributed by atoms with E-state index in [1.54, 1.807) is 19.2 Å². The van der Waals surface area contributed by atoms with Crippen LogP contribution >= 0.6 is 0 Å². The zero-order valence-corrected chi connectivity index (χ0v) is 13.7. The number of hydrogen-bond acceptors (Lipinski definition) is 3. The summed E-state index contributed by atoms with van der Waals surface area (Å²) in [6.07, 6.45) is 1.11. The molecule has 0 fully saturated rings. The SMILES string of the molecule is CC/C(=C/F)COc1ccc(S(=O)(=O)N(C)C(C)C)cc1. The van der Waals surface area contributed by atoms with E-state index in [4.69, 9.17) is 4.74 Å². The fourth-order valence-electron chi connectivity index (χ4n) is 1.54. The third kappa shape index (κ3) is 4.54. The third-order valence-corrected chi connectivity index (χ3v) is 5.31. The van der Waals surface area contributed by atoms with Crippen LogP contribution in [-0.2, 0) is 10.0 Å². The molecule has 0 unspecified atom stereocenters. The average molecular weight is 315 g/mol. The second-order valence-electron chi connectivity index (χ2n) is 5.00. The largest absolute Gasteiger partial charge is 0.489 e. The summed E-state index contributed by atoms with van der Waals surface area (Å²) in [6.45, 7) is 5.62. The summed E-state index contributed by atoms with van der Waals surface area (Å²) in [6, 6.07) is 6.02. The van der Waals surface area contributed by atoms with Crippen LogP contribution in [0.25, 0.3) is 0 Å². The van der Waals surface area contributed by atoms with Crippen LogP contribution in [0.4, 0.5) is 4.39 Å². The molecule has 0 aliphatic heterocycles. The molecular formula is C15H22FNO3S. The Morgan fingerprint density at radius 1 is 1.33 bits per heavy atom. The first-order chi connectivity index (χ1) is 9.82. The molecule has 0 aliphatic carbocycles. The molecule has 1 aromatic carbocycles. The zero-order chi connectivity index (χ0) is 16.0. The molecule has 0 saturated carbocycles. The van der Waals surface area contributed by atoms with Gasteiger partial charge in [-0.2, -0.15) is 4.31 Å². The number of hydrogen-bond donors (Lipinski definition) is 0. The van der Waals surface area contributed by atoms with Gasteiger partial charge < -0.3 is 4.74 Å². The van der Waals surface area contributed by atoms with Gasteiger partial charge in [0, 0.05) is 13.1 Å². The van der Waals surface area contributed by atoms with Crippen molar-refractivity contribution < 1.29 is 17.5 Å². The smallest absolute Gasteiger partial charge is 0.243 e. The van der Waals surface area contributed by atoms with Gasteiger partial charge in [-0.15, -0.1) is 0 Å². The molecule has 0 atom stereocenters. The molecule has 0 spiro atoms. The highest BCUT2D eigenvalue weighted by Crippen LogP contribution is 2.20. The minimum atomic E-state index is -3.49. The maximum atomic E-state index is 12.4. The van der Waals surface area contributed by atoms with Gasteiger partial charge in [0.15, 0.2) is 0 Å². The quantitative estimate of drug-likeness (QED) is 0.775. The van der Waals surface area contributed by atoms with Crippen molar-refractivity contribution in [2.75, 3.05) is 13.7 Å². The van der Waals surface area contributed by atoms with E-state index in [1.165, 1.54) is 16.4 Å². The third-order valence-electron chi connectivity index (χ3n) is 3.26. The highest BCUT2D eigenvalue weighted by Gasteiger charge is 2.22. The van der Waals surface area contributed by atoms with Gasteiger partial charge in [0.1, 0.15) is 12.4 Å². The Morgan fingerprint density at radius 3 is 2.33 bits per heavy atom. The Morgan fingerprint density at radius 2 is 1.90 bits per heavy atom. The molecule has 0 heterocycles. The lowest BCUT2D eigenvalue weighted by Crippen LogP contribution is -2.32. The molecule has 1 rings (SSSR count). The normalized spacial score (nSPS) is 13.0. The second kappa shape index (κ2) is 7.56. The lowest BCUT2D eigenvalue weighted by molar-refractivity contribution is 0.345. The van der Waals surface area contributed by atoms with Crippen molar-refractivity contribution >= 4 is 10.0 Å². The van der Waals surface area contributed by atoms with Crippen molar-refractivity contribution in [2.45, 2.75) is 38.1 Å². The Balaban J connectivity index is 2.83. The number of nitrogens with zero attached hydrogens (tertiary/aromatic N) is 1. The van der Waals surface area contributed by atoms with Crippen LogP contribution in [0.5, 0.6) is 5.75 Å². The van der Waals surface area contributed by atoms with E-state index in [0.29, 0.717) is 24.1 Å². The van der Waals surface area contributed by atoms with Crippen molar-refractivity contribution in [3.05, 3.63) is 36.2 Å². The molecule has 1 aromatic rings. The molecule has 21 heavy (non-hydrogen) atoms. The van der Waals surface area contributed by atoms with Gasteiger partial charge in [0.05, 0.1) is 11.2 Å². The van der Waals surface area contributed by atoms with Gasteiger partial charge in [-0.05, 0) is 50.1 Å². The summed E-state index contributed by atoms with van der Waals surface area (Å²) in [5, 5.41) is 0. The van der Waals surface area contributed by atoms with Crippen LogP contribution in [0, 0.1) is 0 Å². The highest BCUT2D eigenvalue weighted by molar-refractivity contribution is 7.89. The first kappa shape index (κ1) is 17.7. The minimum Gasteiger partial charge on any atom is -0.489 e. The van der Waals surface area contributed by atoms with Crippen LogP contribution in [0.2, 0.25) is 0 Å². The molecule has 0 bridgehead atoms. The van der Waals surface area contributed by atoms with E-state index < -0.39 is 10.0 Å². The first-order valence-electron chi connectivity index (χ1n) is 6.82. The molecule has 0 saturated heterocycles. The summed E-state index contributed by atoms with van der Waals surface area (Å²) < 4.78 is 43.7. The first-order valence-corrected chi connectivity index (χ1v) is 8.26. The van der Waals surface area contributed by atoms with E-state index in [9.17, 15) is 12.8 Å². The average Bonchev–Trinajstić information content (AvgIpc) is 2.47. The topological polar surface area (TPSA) is 46.6 Å². The van der Waals surface area contributed by atoms with Gasteiger partial charge in [0.25, 0.3) is 0 Å². The lowest BCUT2D eigenvalue weighted by Gasteiger charge is -2.21. The van der Waals surface area contributed by atoms with Crippen LogP contribution in [0.3, 0.4) is 0 Å². The molecule has 0 aliphatic rings. The highest BCUT2D eigenvalue weighted by atomic mass is 32.2. The molecule has 6 heteroatoms. The molecule has 4 nitrogen and oxygen atoms in total. The fraction of sp³-hybridized carbons (Fsp3) is 0.467. The van der Waals surface area contributed by atoms with Crippen LogP contribution in [-0.4, -0.2) is 32.4 Å². The van der Waals surface area contributed by atoms with E-state index in [1.807, 2.05) is 20.8 Å². The number of rotatable bonds is 7. The Bertz CT molecular complexity index is 579. The predicted octanol–water partition coefficient (Wildman–Crippen LogP) is 3.36. The minimum absolute atomic E-state index is 0.118. The van der Waals surface area contributed by atoms with Gasteiger partial charge in [-0.1, -0.05) is 6.92 Å². The monoisotopic (exact) mass is 315 g/mol. The number of benzene rings is 1. The number of ether oxygens (including phenoxy) is 1. The maximum absolute atomic E-state index is 12.4.